The standard InChI is InChI=1S/C6H9NS/c1-4-5-7-6(2)8-3/h4-5H,1-2H2,3H3/b7-5-. The van der Waals surface area contributed by atoms with Crippen LogP contribution in [-0.4, -0.2) is 12.5 Å². The molecule has 0 unspecified atom stereocenters. The van der Waals surface area contributed by atoms with Crippen molar-refractivity contribution in [1.82, 2.24) is 0 Å². The number of thioether (sulfide) groups is 1. The molecule has 0 amide bonds. The topological polar surface area (TPSA) is 12.4 Å². The number of aliphatic imine (C=N–C) groups is 1. The lowest BCUT2D eigenvalue weighted by molar-refractivity contribution is 1.58. The molecule has 0 heterocycles. The quantitative estimate of drug-likeness (QED) is 0.529. The Morgan fingerprint density at radius 3 is 2.75 bits per heavy atom. The van der Waals surface area contributed by atoms with Gasteiger partial charge in [-0.2, -0.15) is 0 Å². The smallest absolute Gasteiger partial charge is 0.0885 e. The predicted molar refractivity (Wildman–Crippen MR) is 41.3 cm³/mol. The molecule has 8 heavy (non-hydrogen) atoms. The fourth-order valence-corrected chi connectivity index (χ4v) is 0.355. The molecule has 0 N–H and O–H groups in total. The van der Waals surface area contributed by atoms with Gasteiger partial charge < -0.3 is 0 Å². The van der Waals surface area contributed by atoms with Crippen LogP contribution in [0.25, 0.3) is 0 Å². The molecule has 0 aromatic carbocycles. The van der Waals surface area contributed by atoms with Gasteiger partial charge in [-0.05, 0) is 6.26 Å². The van der Waals surface area contributed by atoms with Crippen molar-refractivity contribution >= 4 is 18.0 Å². The summed E-state index contributed by atoms with van der Waals surface area (Å²) in [5, 5.41) is 0.810. The van der Waals surface area contributed by atoms with Crippen LogP contribution in [0.1, 0.15) is 0 Å². The van der Waals surface area contributed by atoms with Crippen molar-refractivity contribution in [3.63, 3.8) is 0 Å². The third-order valence-corrected chi connectivity index (χ3v) is 1.14. The van der Waals surface area contributed by atoms with Gasteiger partial charge in [0.05, 0.1) is 5.03 Å². The molecule has 0 saturated carbocycles. The van der Waals surface area contributed by atoms with Crippen LogP contribution in [0.15, 0.2) is 29.3 Å². The Bertz CT molecular complexity index is 116. The van der Waals surface area contributed by atoms with E-state index >= 15 is 0 Å². The first-order valence-corrected chi connectivity index (χ1v) is 3.41. The minimum Gasteiger partial charge on any atom is -0.251 e. The van der Waals surface area contributed by atoms with Gasteiger partial charge >= 0.3 is 0 Å². The third kappa shape index (κ3) is 3.68. The normalized spacial score (nSPS) is 9.62. The van der Waals surface area contributed by atoms with E-state index in [1.165, 1.54) is 11.8 Å². The Hall–Kier alpha value is -0.500. The van der Waals surface area contributed by atoms with Gasteiger partial charge in [0.15, 0.2) is 0 Å². The maximum Gasteiger partial charge on any atom is 0.0885 e. The van der Waals surface area contributed by atoms with Crippen molar-refractivity contribution in [3.05, 3.63) is 24.3 Å². The zero-order valence-electron chi connectivity index (χ0n) is 4.92. The minimum atomic E-state index is 0.810. The second-order valence-corrected chi connectivity index (χ2v) is 1.99. The Labute approximate surface area is 54.2 Å². The largest absolute Gasteiger partial charge is 0.251 e. The molecule has 44 valence electrons. The lowest BCUT2D eigenvalue weighted by atomic mass is 10.7. The molecule has 0 aliphatic heterocycles. The molecule has 0 aromatic heterocycles. The highest BCUT2D eigenvalue weighted by Gasteiger charge is 1.77. The second kappa shape index (κ2) is 4.65. The zero-order chi connectivity index (χ0) is 6.41. The van der Waals surface area contributed by atoms with Gasteiger partial charge in [-0.25, -0.2) is 0 Å². The van der Waals surface area contributed by atoms with Crippen LogP contribution in [0.5, 0.6) is 0 Å². The third-order valence-electron chi connectivity index (χ3n) is 0.560. The first kappa shape index (κ1) is 7.50. The van der Waals surface area contributed by atoms with Gasteiger partial charge in [-0.15, -0.1) is 11.8 Å². The van der Waals surface area contributed by atoms with Crippen molar-refractivity contribution in [2.75, 3.05) is 6.26 Å². The monoisotopic (exact) mass is 127 g/mol. The Balaban J connectivity index is 3.52. The van der Waals surface area contributed by atoms with E-state index in [4.69, 9.17) is 0 Å². The summed E-state index contributed by atoms with van der Waals surface area (Å²) in [6.45, 7) is 7.10. The van der Waals surface area contributed by atoms with Gasteiger partial charge in [-0.3, -0.25) is 4.99 Å². The molecule has 0 aliphatic carbocycles. The van der Waals surface area contributed by atoms with Crippen molar-refractivity contribution in [2.45, 2.75) is 0 Å². The number of rotatable bonds is 3. The SMILES string of the molecule is C=C/C=N\C(=C)SC. The van der Waals surface area contributed by atoms with Crippen LogP contribution in [-0.2, 0) is 0 Å². The number of allylic oxidation sites excluding steroid dienone is 1. The zero-order valence-corrected chi connectivity index (χ0v) is 5.74. The number of hydrogen-bond donors (Lipinski definition) is 0. The molecule has 0 bridgehead atoms. The van der Waals surface area contributed by atoms with Gasteiger partial charge in [0, 0.05) is 6.21 Å². The van der Waals surface area contributed by atoms with Crippen LogP contribution in [0.4, 0.5) is 0 Å². The molecular formula is C6H9NS. The molecule has 1 nitrogen and oxygen atoms in total. The van der Waals surface area contributed by atoms with E-state index in [0.717, 1.165) is 5.03 Å². The predicted octanol–water partition coefficient (Wildman–Crippen LogP) is 2.08. The van der Waals surface area contributed by atoms with Crippen LogP contribution >= 0.6 is 11.8 Å². The van der Waals surface area contributed by atoms with E-state index in [1.807, 2.05) is 6.26 Å². The molecule has 0 spiro atoms. The average molecular weight is 127 g/mol. The first-order chi connectivity index (χ1) is 3.81. The van der Waals surface area contributed by atoms with Crippen molar-refractivity contribution in [3.8, 4) is 0 Å². The second-order valence-electron chi connectivity index (χ2n) is 1.11. The van der Waals surface area contributed by atoms with Gasteiger partial charge in [0.2, 0.25) is 0 Å². The van der Waals surface area contributed by atoms with E-state index in [1.54, 1.807) is 12.3 Å². The summed E-state index contributed by atoms with van der Waals surface area (Å²) >= 11 is 1.52. The van der Waals surface area contributed by atoms with Gasteiger partial charge in [-0.1, -0.05) is 19.2 Å². The highest BCUT2D eigenvalue weighted by atomic mass is 32.2. The molecule has 0 aliphatic rings. The lowest BCUT2D eigenvalue weighted by Crippen LogP contribution is -1.64. The number of hydrogen-bond acceptors (Lipinski definition) is 2. The van der Waals surface area contributed by atoms with E-state index in [9.17, 15) is 0 Å². The Morgan fingerprint density at radius 2 is 2.38 bits per heavy atom. The highest BCUT2D eigenvalue weighted by Crippen LogP contribution is 2.07. The summed E-state index contributed by atoms with van der Waals surface area (Å²) in [4.78, 5) is 3.89. The Morgan fingerprint density at radius 1 is 1.75 bits per heavy atom. The number of nitrogens with zero attached hydrogens (tertiary/aromatic N) is 1. The van der Waals surface area contributed by atoms with E-state index in [2.05, 4.69) is 18.2 Å². The van der Waals surface area contributed by atoms with Gasteiger partial charge in [0.25, 0.3) is 0 Å². The molecule has 0 fully saturated rings. The molecule has 0 radical (unpaired) electrons. The van der Waals surface area contributed by atoms with E-state index < -0.39 is 0 Å². The minimum absolute atomic E-state index is 0.810. The summed E-state index contributed by atoms with van der Waals surface area (Å²) in [6.07, 6.45) is 5.18. The summed E-state index contributed by atoms with van der Waals surface area (Å²) in [7, 11) is 0. The first-order valence-electron chi connectivity index (χ1n) is 2.19. The Kier molecular flexibility index (Phi) is 4.36. The molecule has 2 heteroatoms. The average Bonchev–Trinajstić information content (AvgIpc) is 1.83. The van der Waals surface area contributed by atoms with Crippen LogP contribution in [0.3, 0.4) is 0 Å². The van der Waals surface area contributed by atoms with E-state index in [-0.39, 0.29) is 0 Å². The fourth-order valence-electron chi connectivity index (χ4n) is 0.189. The molecule has 0 rings (SSSR count). The van der Waals surface area contributed by atoms with Gasteiger partial charge in [0.1, 0.15) is 0 Å². The maximum absolute atomic E-state index is 3.89. The highest BCUT2D eigenvalue weighted by molar-refractivity contribution is 8.02. The van der Waals surface area contributed by atoms with Crippen LogP contribution < -0.4 is 0 Å². The molecule has 0 aromatic rings. The molecule has 0 saturated heterocycles. The van der Waals surface area contributed by atoms with Crippen LogP contribution in [0, 0.1) is 0 Å². The lowest BCUT2D eigenvalue weighted by Gasteiger charge is -1.86. The summed E-state index contributed by atoms with van der Waals surface area (Å²) in [5.41, 5.74) is 0. The van der Waals surface area contributed by atoms with E-state index in [0.29, 0.717) is 0 Å². The maximum atomic E-state index is 3.89. The van der Waals surface area contributed by atoms with Crippen LogP contribution in [0.2, 0.25) is 0 Å². The van der Waals surface area contributed by atoms with Crippen molar-refractivity contribution < 1.29 is 0 Å². The summed E-state index contributed by atoms with van der Waals surface area (Å²) < 4.78 is 0. The summed E-state index contributed by atoms with van der Waals surface area (Å²) in [6, 6.07) is 0. The fraction of sp³-hybridized carbons (Fsp3) is 0.167. The van der Waals surface area contributed by atoms with Crippen molar-refractivity contribution in [1.29, 1.82) is 0 Å². The molecule has 0 atom stereocenters. The summed E-state index contributed by atoms with van der Waals surface area (Å²) in [5.74, 6) is 0. The van der Waals surface area contributed by atoms with Crippen molar-refractivity contribution in [2.24, 2.45) is 4.99 Å². The molecular weight excluding hydrogens is 118 g/mol.